The number of amides is 1. The van der Waals surface area contributed by atoms with Crippen LogP contribution in [0, 0.1) is 5.82 Å². The van der Waals surface area contributed by atoms with Gasteiger partial charge in [0.05, 0.1) is 27.5 Å². The molecule has 1 fully saturated rings. The number of halogens is 2. The molecule has 2 aromatic heterocycles. The molecule has 1 amide bonds. The number of rotatable bonds is 4. The molecule has 35 heavy (non-hydrogen) atoms. The molecule has 4 aromatic rings. The number of nitrogens with one attached hydrogen (secondary N) is 1. The molecule has 6 nitrogen and oxygen atoms in total. The van der Waals surface area contributed by atoms with Crippen molar-refractivity contribution in [3.8, 4) is 11.3 Å². The number of anilines is 2. The van der Waals surface area contributed by atoms with Crippen molar-refractivity contribution in [1.29, 1.82) is 0 Å². The number of carbonyl (C=O) groups is 1. The van der Waals surface area contributed by atoms with Crippen molar-refractivity contribution in [1.82, 2.24) is 9.97 Å². The number of aromatic nitrogens is 2. The first-order valence-corrected chi connectivity index (χ1v) is 12.9. The van der Waals surface area contributed by atoms with Gasteiger partial charge < -0.3 is 5.32 Å². The normalized spacial score (nSPS) is 15.0. The molecular weight excluding hydrogens is 487 g/mol. The van der Waals surface area contributed by atoms with Gasteiger partial charge in [-0.3, -0.25) is 19.1 Å². The van der Waals surface area contributed by atoms with E-state index in [1.165, 1.54) is 12.1 Å². The molecule has 3 heterocycles. The third kappa shape index (κ3) is 5.18. The molecule has 0 bridgehead atoms. The third-order valence-electron chi connectivity index (χ3n) is 5.42. The number of hydrogen-bond donors (Lipinski definition) is 1. The van der Waals surface area contributed by atoms with Gasteiger partial charge >= 0.3 is 0 Å². The van der Waals surface area contributed by atoms with Crippen molar-refractivity contribution in [3.63, 3.8) is 0 Å². The van der Waals surface area contributed by atoms with Crippen LogP contribution in [0.1, 0.15) is 30.6 Å². The van der Waals surface area contributed by atoms with Gasteiger partial charge in [0.1, 0.15) is 16.8 Å². The van der Waals surface area contributed by atoms with Crippen LogP contribution in [0.15, 0.2) is 67.0 Å². The summed E-state index contributed by atoms with van der Waals surface area (Å²) in [7, 11) is -1.16. The Kier molecular flexibility index (Phi) is 7.73. The Morgan fingerprint density at radius 3 is 2.66 bits per heavy atom. The van der Waals surface area contributed by atoms with Crippen molar-refractivity contribution in [2.75, 3.05) is 21.9 Å². The second-order valence-corrected chi connectivity index (χ2v) is 9.42. The van der Waals surface area contributed by atoms with E-state index < -0.39 is 22.7 Å². The van der Waals surface area contributed by atoms with Crippen molar-refractivity contribution in [2.45, 2.75) is 20.3 Å². The maximum absolute atomic E-state index is 14.7. The fraction of sp³-hybridized carbons (Fsp3) is 0.192. The third-order valence-corrected chi connectivity index (χ3v) is 7.27. The molecule has 2 aromatic carbocycles. The quantitative estimate of drug-likeness (QED) is 0.352. The van der Waals surface area contributed by atoms with Crippen molar-refractivity contribution in [3.05, 3.63) is 83.4 Å². The van der Waals surface area contributed by atoms with Crippen LogP contribution in [0.4, 0.5) is 15.8 Å². The summed E-state index contributed by atoms with van der Waals surface area (Å²) in [5.74, 6) is -0.711. The molecule has 1 aliphatic rings. The van der Waals surface area contributed by atoms with E-state index in [0.29, 0.717) is 40.0 Å². The number of fused-ring (bicyclic) bond motifs is 1. The fourth-order valence-electron chi connectivity index (χ4n) is 3.83. The summed E-state index contributed by atoms with van der Waals surface area (Å²) in [6, 6.07) is 14.8. The van der Waals surface area contributed by atoms with E-state index in [2.05, 4.69) is 15.3 Å². The average Bonchev–Trinajstić information content (AvgIpc) is 3.31. The highest BCUT2D eigenvalue weighted by molar-refractivity contribution is 7.86. The van der Waals surface area contributed by atoms with Crippen LogP contribution >= 0.6 is 11.6 Å². The Morgan fingerprint density at radius 2 is 1.91 bits per heavy atom. The topological polar surface area (TPSA) is 75.2 Å². The minimum Gasteiger partial charge on any atom is -0.322 e. The van der Waals surface area contributed by atoms with E-state index in [-0.39, 0.29) is 5.56 Å². The maximum Gasteiger partial charge on any atom is 0.258 e. The van der Waals surface area contributed by atoms with Crippen LogP contribution in [0.2, 0.25) is 5.02 Å². The minimum atomic E-state index is -1.16. The smallest absolute Gasteiger partial charge is 0.258 e. The van der Waals surface area contributed by atoms with Crippen molar-refractivity contribution in [2.24, 2.45) is 0 Å². The van der Waals surface area contributed by atoms with Crippen LogP contribution in [-0.4, -0.2) is 32.4 Å². The molecule has 1 unspecified atom stereocenters. The first kappa shape index (κ1) is 24.8. The van der Waals surface area contributed by atoms with Gasteiger partial charge in [0.2, 0.25) is 0 Å². The predicted molar refractivity (Wildman–Crippen MR) is 141 cm³/mol. The van der Waals surface area contributed by atoms with Gasteiger partial charge in [-0.2, -0.15) is 0 Å². The summed E-state index contributed by atoms with van der Waals surface area (Å²) in [4.78, 5) is 21.6. The zero-order valence-corrected chi connectivity index (χ0v) is 20.9. The lowest BCUT2D eigenvalue weighted by atomic mass is 10.1. The highest BCUT2D eigenvalue weighted by atomic mass is 35.5. The Balaban J connectivity index is 0.00000141. The Morgan fingerprint density at radius 1 is 1.09 bits per heavy atom. The largest absolute Gasteiger partial charge is 0.322 e. The Bertz CT molecular complexity index is 1410. The van der Waals surface area contributed by atoms with Crippen LogP contribution in [0.25, 0.3) is 22.2 Å². The molecule has 5 rings (SSSR count). The summed E-state index contributed by atoms with van der Waals surface area (Å²) in [6.07, 6.45) is 4.14. The number of benzene rings is 2. The van der Waals surface area contributed by atoms with Gasteiger partial charge in [0.15, 0.2) is 0 Å². The van der Waals surface area contributed by atoms with Gasteiger partial charge in [-0.15, -0.1) is 0 Å². The van der Waals surface area contributed by atoms with Gasteiger partial charge in [0.25, 0.3) is 5.91 Å². The monoisotopic (exact) mass is 510 g/mol. The van der Waals surface area contributed by atoms with Crippen molar-refractivity contribution >= 4 is 50.8 Å². The maximum atomic E-state index is 14.7. The van der Waals surface area contributed by atoms with E-state index in [9.17, 15) is 13.4 Å². The van der Waals surface area contributed by atoms with Gasteiger partial charge in [-0.25, -0.2) is 8.60 Å². The highest BCUT2D eigenvalue weighted by Gasteiger charge is 2.22. The minimum absolute atomic E-state index is 0.104. The molecule has 180 valence electrons. The summed E-state index contributed by atoms with van der Waals surface area (Å²) >= 11 is 6.44. The molecule has 0 saturated carbocycles. The van der Waals surface area contributed by atoms with Crippen LogP contribution in [0.5, 0.6) is 0 Å². The number of pyridine rings is 2. The number of carbonyl (C=O) groups excluding carboxylic acids is 1. The van der Waals surface area contributed by atoms with E-state index in [4.69, 9.17) is 11.6 Å². The molecular formula is C26H24ClFN4O2S. The summed E-state index contributed by atoms with van der Waals surface area (Å²) in [5.41, 5.74) is 2.88. The lowest BCUT2D eigenvalue weighted by molar-refractivity contribution is 0.102. The van der Waals surface area contributed by atoms with Gasteiger partial charge in [-0.05, 0) is 61.0 Å². The molecule has 1 aliphatic heterocycles. The Hall–Kier alpha value is -3.36. The molecule has 1 atom stereocenters. The molecule has 0 aliphatic carbocycles. The van der Waals surface area contributed by atoms with Crippen LogP contribution in [-0.2, 0) is 11.0 Å². The lowest BCUT2D eigenvalue weighted by Crippen LogP contribution is -2.20. The number of nitrogens with zero attached hydrogens (tertiary/aromatic N) is 3. The summed E-state index contributed by atoms with van der Waals surface area (Å²) in [6.45, 7) is 4.60. The SMILES string of the molecule is CC.O=C(Nc1ccc(Cl)c(-c2nccc3ncccc23)c1)c1ccc(N2CCCS2=O)cc1F. The average molecular weight is 511 g/mol. The zero-order chi connectivity index (χ0) is 24.9. The Labute approximate surface area is 210 Å². The van der Waals surface area contributed by atoms with E-state index in [0.717, 1.165) is 17.3 Å². The van der Waals surface area contributed by atoms with Gasteiger partial charge in [-0.1, -0.05) is 25.4 Å². The zero-order valence-electron chi connectivity index (χ0n) is 19.3. The van der Waals surface area contributed by atoms with Crippen LogP contribution in [0.3, 0.4) is 0 Å². The second kappa shape index (κ2) is 10.9. The first-order valence-electron chi connectivity index (χ1n) is 11.3. The van der Waals surface area contributed by atoms with Gasteiger partial charge in [0, 0.05) is 41.3 Å². The molecule has 1 saturated heterocycles. The second-order valence-electron chi connectivity index (χ2n) is 7.52. The van der Waals surface area contributed by atoms with Crippen LogP contribution < -0.4 is 9.62 Å². The molecule has 0 radical (unpaired) electrons. The fourth-order valence-corrected chi connectivity index (χ4v) is 5.32. The summed E-state index contributed by atoms with van der Waals surface area (Å²) in [5, 5.41) is 4.02. The standard InChI is InChI=1S/C24H18ClFN4O2S.C2H6/c25-20-7-4-15(13-19(20)23-18-3-1-9-27-22(18)8-10-28-23)29-24(31)17-6-5-16(14-21(17)26)30-11-2-12-33(30)32;1-2/h1,3-10,13-14H,2,11-12H2,(H,29,31);1-2H3. The highest BCUT2D eigenvalue weighted by Crippen LogP contribution is 2.33. The van der Waals surface area contributed by atoms with Crippen molar-refractivity contribution < 1.29 is 13.4 Å². The lowest BCUT2D eigenvalue weighted by Gasteiger charge is -2.16. The summed E-state index contributed by atoms with van der Waals surface area (Å²) < 4.78 is 28.4. The molecule has 1 N–H and O–H groups in total. The first-order chi connectivity index (χ1) is 17.0. The molecule has 9 heteroatoms. The predicted octanol–water partition coefficient (Wildman–Crippen LogP) is 6.24. The van der Waals surface area contributed by atoms with E-state index in [1.54, 1.807) is 41.0 Å². The van der Waals surface area contributed by atoms with E-state index in [1.807, 2.05) is 32.0 Å². The number of hydrogen-bond acceptors (Lipinski definition) is 4. The van der Waals surface area contributed by atoms with E-state index >= 15 is 0 Å². The molecule has 0 spiro atoms.